The third-order valence-corrected chi connectivity index (χ3v) is 4.06. The number of carbonyl (C=O) groups excluding carboxylic acids is 1. The molecule has 11 heteroatoms. The Bertz CT molecular complexity index is 663. The fourth-order valence-corrected chi connectivity index (χ4v) is 2.71. The number of nitrogens with zero attached hydrogens (tertiary/aromatic N) is 2. The van der Waals surface area contributed by atoms with Crippen molar-refractivity contribution in [2.24, 2.45) is 0 Å². The third kappa shape index (κ3) is 4.82. The summed E-state index contributed by atoms with van der Waals surface area (Å²) in [6.45, 7) is 0.735. The molecule has 1 aromatic carbocycles. The minimum absolute atomic E-state index is 0.0197. The lowest BCUT2D eigenvalue weighted by Gasteiger charge is -2.35. The number of alkyl halides is 3. The highest BCUT2D eigenvalue weighted by Crippen LogP contribution is 2.28. The van der Waals surface area contributed by atoms with Crippen molar-refractivity contribution < 1.29 is 27.6 Å². The topological polar surface area (TPSA) is 96.7 Å². The van der Waals surface area contributed by atoms with E-state index in [4.69, 9.17) is 4.74 Å². The molecule has 1 amide bonds. The van der Waals surface area contributed by atoms with Gasteiger partial charge in [0.05, 0.1) is 12.0 Å². The van der Waals surface area contributed by atoms with Crippen LogP contribution in [0.4, 0.5) is 18.9 Å². The van der Waals surface area contributed by atoms with Gasteiger partial charge in [-0.15, -0.1) is 0 Å². The molecule has 1 saturated heterocycles. The normalized spacial score (nSPS) is 16.8. The second-order valence-electron chi connectivity index (χ2n) is 5.70. The van der Waals surface area contributed by atoms with E-state index in [0.717, 1.165) is 12.1 Å². The van der Waals surface area contributed by atoms with Crippen molar-refractivity contribution in [1.29, 1.82) is 0 Å². The molecule has 1 fully saturated rings. The zero-order valence-corrected chi connectivity index (χ0v) is 14.0. The van der Waals surface area contributed by atoms with Crippen LogP contribution < -0.4 is 15.4 Å². The summed E-state index contributed by atoms with van der Waals surface area (Å²) in [5.41, 5.74) is -0.355. The molecule has 0 aromatic heterocycles. The van der Waals surface area contributed by atoms with Crippen molar-refractivity contribution in [1.82, 2.24) is 15.5 Å². The summed E-state index contributed by atoms with van der Waals surface area (Å²) in [4.78, 5) is 23.6. The molecule has 1 atom stereocenters. The SMILES string of the molecule is COc1cc(C(=O)NCC(N2CCNCC2)C(F)(F)F)ccc1[N+](=O)[O-]. The summed E-state index contributed by atoms with van der Waals surface area (Å²) in [6.07, 6.45) is -4.49. The van der Waals surface area contributed by atoms with Crippen molar-refractivity contribution in [2.45, 2.75) is 12.2 Å². The minimum atomic E-state index is -4.49. The summed E-state index contributed by atoms with van der Waals surface area (Å²) in [6, 6.07) is 1.57. The maximum Gasteiger partial charge on any atom is 0.405 e. The zero-order chi connectivity index (χ0) is 19.3. The van der Waals surface area contributed by atoms with Gasteiger partial charge in [0.2, 0.25) is 0 Å². The lowest BCUT2D eigenvalue weighted by Crippen LogP contribution is -2.57. The highest BCUT2D eigenvalue weighted by Gasteiger charge is 2.43. The maximum absolute atomic E-state index is 13.3. The van der Waals surface area contributed by atoms with E-state index in [1.54, 1.807) is 0 Å². The number of amides is 1. The summed E-state index contributed by atoms with van der Waals surface area (Å²) >= 11 is 0. The van der Waals surface area contributed by atoms with Gasteiger partial charge in [0, 0.05) is 50.4 Å². The number of hydrogen-bond donors (Lipinski definition) is 2. The molecule has 0 saturated carbocycles. The molecule has 0 bridgehead atoms. The molecule has 8 nitrogen and oxygen atoms in total. The fourth-order valence-electron chi connectivity index (χ4n) is 2.71. The van der Waals surface area contributed by atoms with E-state index < -0.39 is 29.6 Å². The molecule has 1 aromatic rings. The first kappa shape index (κ1) is 19.9. The van der Waals surface area contributed by atoms with Crippen LogP contribution in [0.1, 0.15) is 10.4 Å². The predicted molar refractivity (Wildman–Crippen MR) is 86.3 cm³/mol. The molecule has 1 aliphatic heterocycles. The van der Waals surface area contributed by atoms with Gasteiger partial charge in [-0.1, -0.05) is 0 Å². The van der Waals surface area contributed by atoms with Gasteiger partial charge in [0.15, 0.2) is 5.75 Å². The Hall–Kier alpha value is -2.40. The monoisotopic (exact) mass is 376 g/mol. The van der Waals surface area contributed by atoms with Gasteiger partial charge in [-0.05, 0) is 6.07 Å². The Labute approximate surface area is 147 Å². The van der Waals surface area contributed by atoms with Gasteiger partial charge < -0.3 is 15.4 Å². The molecule has 1 heterocycles. The van der Waals surface area contributed by atoms with Crippen molar-refractivity contribution in [3.63, 3.8) is 0 Å². The Balaban J connectivity index is 2.09. The highest BCUT2D eigenvalue weighted by atomic mass is 19.4. The smallest absolute Gasteiger partial charge is 0.405 e. The van der Waals surface area contributed by atoms with Crippen LogP contribution in [0.15, 0.2) is 18.2 Å². The molecule has 0 aliphatic carbocycles. The molecular weight excluding hydrogens is 357 g/mol. The van der Waals surface area contributed by atoms with Gasteiger partial charge in [-0.2, -0.15) is 13.2 Å². The molecule has 144 valence electrons. The molecule has 2 N–H and O–H groups in total. The molecular formula is C15H19F3N4O4. The molecule has 2 rings (SSSR count). The quantitative estimate of drug-likeness (QED) is 0.572. The Morgan fingerprint density at radius 2 is 2.08 bits per heavy atom. The number of nitro groups is 1. The van der Waals surface area contributed by atoms with Crippen molar-refractivity contribution in [3.8, 4) is 5.75 Å². The second kappa shape index (κ2) is 8.32. The maximum atomic E-state index is 13.3. The highest BCUT2D eigenvalue weighted by molar-refractivity contribution is 5.95. The van der Waals surface area contributed by atoms with Crippen LogP contribution >= 0.6 is 0 Å². The van der Waals surface area contributed by atoms with Crippen molar-refractivity contribution >= 4 is 11.6 Å². The van der Waals surface area contributed by atoms with Crippen molar-refractivity contribution in [2.75, 3.05) is 39.8 Å². The van der Waals surface area contributed by atoms with Crippen LogP contribution in [-0.2, 0) is 0 Å². The number of hydrogen-bond acceptors (Lipinski definition) is 6. The third-order valence-electron chi connectivity index (χ3n) is 4.06. The number of ether oxygens (including phenoxy) is 1. The van der Waals surface area contributed by atoms with Crippen LogP contribution in [-0.4, -0.2) is 67.8 Å². The molecule has 26 heavy (non-hydrogen) atoms. The van der Waals surface area contributed by atoms with E-state index in [-0.39, 0.29) is 30.1 Å². The van der Waals surface area contributed by atoms with E-state index in [9.17, 15) is 28.1 Å². The van der Waals surface area contributed by atoms with Crippen LogP contribution in [0, 0.1) is 10.1 Å². The summed E-state index contributed by atoms with van der Waals surface area (Å²) in [5, 5.41) is 16.1. The number of piperazine rings is 1. The number of carbonyl (C=O) groups is 1. The van der Waals surface area contributed by atoms with E-state index >= 15 is 0 Å². The first-order valence-corrected chi connectivity index (χ1v) is 7.86. The van der Waals surface area contributed by atoms with E-state index in [2.05, 4.69) is 10.6 Å². The van der Waals surface area contributed by atoms with Gasteiger partial charge in [-0.25, -0.2) is 0 Å². The minimum Gasteiger partial charge on any atom is -0.490 e. The summed E-state index contributed by atoms with van der Waals surface area (Å²) in [7, 11) is 1.20. The zero-order valence-electron chi connectivity index (χ0n) is 14.0. The van der Waals surface area contributed by atoms with E-state index in [0.29, 0.717) is 13.1 Å². The van der Waals surface area contributed by atoms with Gasteiger partial charge in [0.1, 0.15) is 6.04 Å². The van der Waals surface area contributed by atoms with E-state index in [1.807, 2.05) is 0 Å². The Morgan fingerprint density at radius 3 is 2.62 bits per heavy atom. The molecule has 1 aliphatic rings. The number of nitro benzene ring substituents is 1. The van der Waals surface area contributed by atoms with Gasteiger partial charge in [0.25, 0.3) is 5.91 Å². The summed E-state index contributed by atoms with van der Waals surface area (Å²) in [5.74, 6) is -0.903. The molecule has 0 radical (unpaired) electrons. The van der Waals surface area contributed by atoms with Gasteiger partial charge in [-0.3, -0.25) is 19.8 Å². The van der Waals surface area contributed by atoms with Gasteiger partial charge >= 0.3 is 11.9 Å². The molecule has 0 spiro atoms. The average Bonchev–Trinajstić information content (AvgIpc) is 2.60. The van der Waals surface area contributed by atoms with Crippen LogP contribution in [0.5, 0.6) is 5.75 Å². The number of methoxy groups -OCH3 is 1. The number of halogens is 3. The number of nitrogens with one attached hydrogen (secondary N) is 2. The van der Waals surface area contributed by atoms with Crippen LogP contribution in [0.2, 0.25) is 0 Å². The first-order chi connectivity index (χ1) is 12.2. The largest absolute Gasteiger partial charge is 0.490 e. The van der Waals surface area contributed by atoms with Crippen molar-refractivity contribution in [3.05, 3.63) is 33.9 Å². The fraction of sp³-hybridized carbons (Fsp3) is 0.533. The first-order valence-electron chi connectivity index (χ1n) is 7.86. The van der Waals surface area contributed by atoms with Crippen LogP contribution in [0.3, 0.4) is 0 Å². The van der Waals surface area contributed by atoms with Crippen LogP contribution in [0.25, 0.3) is 0 Å². The lowest BCUT2D eigenvalue weighted by molar-refractivity contribution is -0.385. The lowest BCUT2D eigenvalue weighted by atomic mass is 10.1. The number of rotatable bonds is 6. The summed E-state index contributed by atoms with van der Waals surface area (Å²) < 4.78 is 44.8. The molecule has 1 unspecified atom stereocenters. The van der Waals surface area contributed by atoms with E-state index in [1.165, 1.54) is 18.1 Å². The Kier molecular flexibility index (Phi) is 6.37. The second-order valence-corrected chi connectivity index (χ2v) is 5.70. The standard InChI is InChI=1S/C15H19F3N4O4/c1-26-12-8-10(2-3-11(12)22(24)25)14(23)20-9-13(15(16,17)18)21-6-4-19-5-7-21/h2-3,8,13,19H,4-7,9H2,1H3,(H,20,23). The Morgan fingerprint density at radius 1 is 1.42 bits per heavy atom. The number of benzene rings is 1. The predicted octanol–water partition coefficient (Wildman–Crippen LogP) is 1.17. The average molecular weight is 376 g/mol.